The molecule has 3 heterocycles. The molecule has 3 aromatic rings. The predicted molar refractivity (Wildman–Crippen MR) is 130 cm³/mol. The van der Waals surface area contributed by atoms with Crippen molar-refractivity contribution in [1.29, 1.82) is 0 Å². The molecular weight excluding hydrogens is 418 g/mol. The van der Waals surface area contributed by atoms with Crippen LogP contribution in [0.2, 0.25) is 0 Å². The lowest BCUT2D eigenvalue weighted by atomic mass is 9.97. The van der Waals surface area contributed by atoms with Gasteiger partial charge in [0, 0.05) is 31.1 Å². The van der Waals surface area contributed by atoms with Gasteiger partial charge in [0.1, 0.15) is 16.5 Å². The molecule has 0 bridgehead atoms. The Bertz CT molecular complexity index is 1100. The molecule has 168 valence electrons. The first-order valence-electron chi connectivity index (χ1n) is 11.6. The van der Waals surface area contributed by atoms with E-state index >= 15 is 0 Å². The van der Waals surface area contributed by atoms with E-state index in [4.69, 9.17) is 9.97 Å². The van der Waals surface area contributed by atoms with Crippen LogP contribution in [0, 0.1) is 0 Å². The summed E-state index contributed by atoms with van der Waals surface area (Å²) in [4.78, 5) is 32.0. The Kier molecular flexibility index (Phi) is 6.11. The smallest absolute Gasteiger partial charge is 0.227 e. The summed E-state index contributed by atoms with van der Waals surface area (Å²) >= 11 is 1.86. The van der Waals surface area contributed by atoms with Crippen LogP contribution in [0.3, 0.4) is 0 Å². The number of piperazine rings is 1. The van der Waals surface area contributed by atoms with Gasteiger partial charge in [0.2, 0.25) is 5.91 Å². The summed E-state index contributed by atoms with van der Waals surface area (Å²) in [5, 5.41) is 1.27. The van der Waals surface area contributed by atoms with Crippen LogP contribution in [0.5, 0.6) is 0 Å². The van der Waals surface area contributed by atoms with Crippen LogP contribution in [-0.4, -0.2) is 65.9 Å². The molecule has 6 nitrogen and oxygen atoms in total. The monoisotopic (exact) mass is 449 g/mol. The number of aryl methyl sites for hydroxylation is 2. The molecular formula is C25H31N5OS. The highest BCUT2D eigenvalue weighted by Gasteiger charge is 2.27. The molecule has 1 aromatic carbocycles. The SMILES string of the molecule is CN(C)Cc1nc(N2CCN(C(=O)Cc3ccccc3)CC2)c2c3c(sc2n1)CCCC3. The lowest BCUT2D eigenvalue weighted by Gasteiger charge is -2.36. The third kappa shape index (κ3) is 4.36. The van der Waals surface area contributed by atoms with E-state index in [2.05, 4.69) is 23.9 Å². The summed E-state index contributed by atoms with van der Waals surface area (Å²) in [5.41, 5.74) is 2.56. The molecule has 1 saturated heterocycles. The van der Waals surface area contributed by atoms with E-state index in [1.54, 1.807) is 0 Å². The number of hydrogen-bond acceptors (Lipinski definition) is 6. The number of nitrogens with zero attached hydrogens (tertiary/aromatic N) is 5. The molecule has 32 heavy (non-hydrogen) atoms. The van der Waals surface area contributed by atoms with Crippen molar-refractivity contribution in [2.45, 2.75) is 38.6 Å². The predicted octanol–water partition coefficient (Wildman–Crippen LogP) is 3.52. The first-order valence-corrected chi connectivity index (χ1v) is 12.4. The minimum Gasteiger partial charge on any atom is -0.352 e. The largest absolute Gasteiger partial charge is 0.352 e. The third-order valence-electron chi connectivity index (χ3n) is 6.43. The second kappa shape index (κ2) is 9.16. The number of aromatic nitrogens is 2. The van der Waals surface area contributed by atoms with Crippen LogP contribution < -0.4 is 4.90 Å². The van der Waals surface area contributed by atoms with Gasteiger partial charge in [0.15, 0.2) is 0 Å². The number of hydrogen-bond donors (Lipinski definition) is 0. The number of carbonyl (C=O) groups excluding carboxylic acids is 1. The van der Waals surface area contributed by atoms with Crippen molar-refractivity contribution in [3.05, 3.63) is 52.2 Å². The summed E-state index contributed by atoms with van der Waals surface area (Å²) in [6.07, 6.45) is 5.30. The maximum Gasteiger partial charge on any atom is 0.227 e. The van der Waals surface area contributed by atoms with E-state index in [1.165, 1.54) is 35.1 Å². The van der Waals surface area contributed by atoms with Crippen molar-refractivity contribution in [1.82, 2.24) is 19.8 Å². The Morgan fingerprint density at radius 3 is 2.53 bits per heavy atom. The lowest BCUT2D eigenvalue weighted by Crippen LogP contribution is -2.49. The summed E-state index contributed by atoms with van der Waals surface area (Å²) < 4.78 is 0. The number of amides is 1. The molecule has 1 amide bonds. The first-order chi connectivity index (χ1) is 15.6. The van der Waals surface area contributed by atoms with E-state index < -0.39 is 0 Å². The molecule has 0 radical (unpaired) electrons. The average Bonchev–Trinajstić information content (AvgIpc) is 3.17. The van der Waals surface area contributed by atoms with E-state index in [9.17, 15) is 4.79 Å². The maximum absolute atomic E-state index is 12.8. The second-order valence-corrected chi connectivity index (χ2v) is 10.2. The Balaban J connectivity index is 1.38. The van der Waals surface area contributed by atoms with Gasteiger partial charge in [-0.05, 0) is 50.9 Å². The number of thiophene rings is 1. The van der Waals surface area contributed by atoms with Crippen LogP contribution in [0.15, 0.2) is 30.3 Å². The van der Waals surface area contributed by atoms with Gasteiger partial charge in [0.05, 0.1) is 18.4 Å². The molecule has 1 aliphatic carbocycles. The third-order valence-corrected chi connectivity index (χ3v) is 7.62. The van der Waals surface area contributed by atoms with Gasteiger partial charge in [-0.3, -0.25) is 4.79 Å². The van der Waals surface area contributed by atoms with E-state index in [0.29, 0.717) is 6.42 Å². The maximum atomic E-state index is 12.8. The summed E-state index contributed by atoms with van der Waals surface area (Å²) in [7, 11) is 4.12. The zero-order valence-corrected chi connectivity index (χ0v) is 19.8. The molecule has 1 aliphatic heterocycles. The molecule has 0 unspecified atom stereocenters. The topological polar surface area (TPSA) is 52.6 Å². The number of carbonyl (C=O) groups is 1. The van der Waals surface area contributed by atoms with Gasteiger partial charge >= 0.3 is 0 Å². The van der Waals surface area contributed by atoms with Crippen LogP contribution in [-0.2, 0) is 30.6 Å². The molecule has 7 heteroatoms. The van der Waals surface area contributed by atoms with Crippen molar-refractivity contribution < 1.29 is 4.79 Å². The van der Waals surface area contributed by atoms with Gasteiger partial charge < -0.3 is 14.7 Å². The molecule has 5 rings (SSSR count). The van der Waals surface area contributed by atoms with Gasteiger partial charge in [0.25, 0.3) is 0 Å². The fourth-order valence-electron chi connectivity index (χ4n) is 4.81. The molecule has 2 aliphatic rings. The van der Waals surface area contributed by atoms with Gasteiger partial charge in [-0.25, -0.2) is 9.97 Å². The molecule has 1 fully saturated rings. The Hall–Kier alpha value is -2.51. The first kappa shape index (κ1) is 21.3. The summed E-state index contributed by atoms with van der Waals surface area (Å²) in [6, 6.07) is 10.0. The molecule has 0 N–H and O–H groups in total. The quantitative estimate of drug-likeness (QED) is 0.597. The fourth-order valence-corrected chi connectivity index (χ4v) is 6.09. The number of anilines is 1. The van der Waals surface area contributed by atoms with E-state index in [-0.39, 0.29) is 5.91 Å². The van der Waals surface area contributed by atoms with Crippen molar-refractivity contribution in [3.8, 4) is 0 Å². The zero-order chi connectivity index (χ0) is 22.1. The van der Waals surface area contributed by atoms with Gasteiger partial charge in [-0.1, -0.05) is 30.3 Å². The van der Waals surface area contributed by atoms with Crippen molar-refractivity contribution >= 4 is 33.3 Å². The van der Waals surface area contributed by atoms with Gasteiger partial charge in [-0.2, -0.15) is 0 Å². The number of fused-ring (bicyclic) bond motifs is 3. The molecule has 2 aromatic heterocycles. The van der Waals surface area contributed by atoms with Crippen molar-refractivity contribution in [2.75, 3.05) is 45.2 Å². The van der Waals surface area contributed by atoms with Crippen molar-refractivity contribution in [2.24, 2.45) is 0 Å². The Morgan fingerprint density at radius 1 is 1.03 bits per heavy atom. The average molecular weight is 450 g/mol. The highest BCUT2D eigenvalue weighted by Crippen LogP contribution is 2.40. The Labute approximate surface area is 193 Å². The zero-order valence-electron chi connectivity index (χ0n) is 19.0. The molecule has 0 saturated carbocycles. The highest BCUT2D eigenvalue weighted by molar-refractivity contribution is 7.19. The van der Waals surface area contributed by atoms with E-state index in [0.717, 1.165) is 61.2 Å². The van der Waals surface area contributed by atoms with Crippen LogP contribution in [0.1, 0.15) is 34.7 Å². The summed E-state index contributed by atoms with van der Waals surface area (Å²) in [6.45, 7) is 3.86. The normalized spacial score (nSPS) is 16.6. The number of rotatable bonds is 5. The minimum atomic E-state index is 0.213. The van der Waals surface area contributed by atoms with Gasteiger partial charge in [-0.15, -0.1) is 11.3 Å². The standard InChI is InChI=1S/C25H31N5OS/c1-28(2)17-21-26-24(23-19-10-6-7-11-20(19)32-25(23)27-21)30-14-12-29(13-15-30)22(31)16-18-8-4-3-5-9-18/h3-5,8-9H,6-7,10-17H2,1-2H3. The fraction of sp³-hybridized carbons (Fsp3) is 0.480. The summed E-state index contributed by atoms with van der Waals surface area (Å²) in [5.74, 6) is 2.19. The minimum absolute atomic E-state index is 0.213. The highest BCUT2D eigenvalue weighted by atomic mass is 32.1. The second-order valence-electron chi connectivity index (χ2n) is 9.12. The van der Waals surface area contributed by atoms with E-state index in [1.807, 2.05) is 46.6 Å². The lowest BCUT2D eigenvalue weighted by molar-refractivity contribution is -0.130. The van der Waals surface area contributed by atoms with Crippen LogP contribution in [0.4, 0.5) is 5.82 Å². The van der Waals surface area contributed by atoms with Crippen LogP contribution in [0.25, 0.3) is 10.2 Å². The number of benzene rings is 1. The Morgan fingerprint density at radius 2 is 1.78 bits per heavy atom. The molecule has 0 spiro atoms. The van der Waals surface area contributed by atoms with Crippen molar-refractivity contribution in [3.63, 3.8) is 0 Å². The van der Waals surface area contributed by atoms with Crippen LogP contribution >= 0.6 is 11.3 Å². The molecule has 0 atom stereocenters.